The van der Waals surface area contributed by atoms with Gasteiger partial charge in [0.1, 0.15) is 17.5 Å². The Kier molecular flexibility index (Phi) is 6.02. The van der Waals surface area contributed by atoms with Crippen LogP contribution in [0.4, 0.5) is 13.2 Å². The average Bonchev–Trinajstić information content (AvgIpc) is 3.14. The van der Waals surface area contributed by atoms with Crippen LogP contribution in [0.5, 0.6) is 0 Å². The van der Waals surface area contributed by atoms with Gasteiger partial charge in [0.15, 0.2) is 0 Å². The number of amides is 2. The minimum absolute atomic E-state index is 0.00296. The molecule has 0 radical (unpaired) electrons. The second-order valence-corrected chi connectivity index (χ2v) is 7.02. The molecular formula is C21H21F3N2O2. The van der Waals surface area contributed by atoms with Crippen molar-refractivity contribution >= 4 is 11.8 Å². The van der Waals surface area contributed by atoms with Gasteiger partial charge in [-0.05, 0) is 37.1 Å². The first-order valence-electron chi connectivity index (χ1n) is 9.17. The summed E-state index contributed by atoms with van der Waals surface area (Å²) >= 11 is 0. The number of rotatable bonds is 6. The van der Waals surface area contributed by atoms with E-state index in [9.17, 15) is 22.8 Å². The Balaban J connectivity index is 1.62. The van der Waals surface area contributed by atoms with Crippen LogP contribution < -0.4 is 10.6 Å². The molecule has 1 fully saturated rings. The molecular weight excluding hydrogens is 369 g/mol. The van der Waals surface area contributed by atoms with E-state index in [-0.39, 0.29) is 24.2 Å². The lowest BCUT2D eigenvalue weighted by molar-refractivity contribution is -0.120. The summed E-state index contributed by atoms with van der Waals surface area (Å²) in [7, 11) is 0. The molecule has 0 bridgehead atoms. The maximum Gasteiger partial charge on any atom is 0.254 e. The number of nitrogens with one attached hydrogen (secondary N) is 2. The molecule has 2 amide bonds. The molecule has 3 rings (SSSR count). The number of benzene rings is 2. The van der Waals surface area contributed by atoms with Crippen LogP contribution in [0.15, 0.2) is 42.5 Å². The lowest BCUT2D eigenvalue weighted by Crippen LogP contribution is -2.44. The molecule has 2 aromatic carbocycles. The summed E-state index contributed by atoms with van der Waals surface area (Å²) in [5.41, 5.74) is -0.958. The smallest absolute Gasteiger partial charge is 0.254 e. The van der Waals surface area contributed by atoms with Gasteiger partial charge >= 0.3 is 0 Å². The van der Waals surface area contributed by atoms with Gasteiger partial charge in [-0.2, -0.15) is 0 Å². The highest BCUT2D eigenvalue weighted by molar-refractivity contribution is 5.96. The molecule has 0 saturated heterocycles. The lowest BCUT2D eigenvalue weighted by atomic mass is 9.78. The normalized spacial score (nSPS) is 15.2. The molecule has 4 nitrogen and oxygen atoms in total. The number of halogens is 3. The fraction of sp³-hybridized carbons (Fsp3) is 0.333. The van der Waals surface area contributed by atoms with Crippen molar-refractivity contribution in [3.63, 3.8) is 0 Å². The molecule has 1 aliphatic rings. The van der Waals surface area contributed by atoms with E-state index in [4.69, 9.17) is 0 Å². The van der Waals surface area contributed by atoms with E-state index in [0.29, 0.717) is 12.8 Å². The van der Waals surface area contributed by atoms with Crippen molar-refractivity contribution in [2.75, 3.05) is 13.1 Å². The predicted octanol–water partition coefficient (Wildman–Crippen LogP) is 3.46. The largest absolute Gasteiger partial charge is 0.354 e. The summed E-state index contributed by atoms with van der Waals surface area (Å²) in [4.78, 5) is 24.1. The highest BCUT2D eigenvalue weighted by Gasteiger charge is 2.40. The number of carbonyl (C=O) groups is 2. The Morgan fingerprint density at radius 1 is 0.857 bits per heavy atom. The zero-order valence-corrected chi connectivity index (χ0v) is 15.2. The minimum Gasteiger partial charge on any atom is -0.354 e. The Morgan fingerprint density at radius 3 is 2.11 bits per heavy atom. The van der Waals surface area contributed by atoms with Gasteiger partial charge in [-0.15, -0.1) is 0 Å². The summed E-state index contributed by atoms with van der Waals surface area (Å²) in [6.07, 6.45) is 2.75. The highest BCUT2D eigenvalue weighted by atomic mass is 19.1. The Hall–Kier alpha value is -2.83. The van der Waals surface area contributed by atoms with Gasteiger partial charge in [0.2, 0.25) is 5.91 Å². The molecule has 7 heteroatoms. The summed E-state index contributed by atoms with van der Waals surface area (Å²) in [6, 6.07) is 9.20. The van der Waals surface area contributed by atoms with Gasteiger partial charge in [0.25, 0.3) is 5.91 Å². The van der Waals surface area contributed by atoms with Crippen LogP contribution in [0.3, 0.4) is 0 Å². The Bertz CT molecular complexity index is 859. The fourth-order valence-corrected chi connectivity index (χ4v) is 3.80. The van der Waals surface area contributed by atoms with Crippen LogP contribution in [0.1, 0.15) is 41.6 Å². The van der Waals surface area contributed by atoms with Crippen LogP contribution in [0, 0.1) is 17.5 Å². The third kappa shape index (κ3) is 4.18. The molecule has 2 N–H and O–H groups in total. The van der Waals surface area contributed by atoms with Gasteiger partial charge in [0.05, 0.1) is 12.1 Å². The summed E-state index contributed by atoms with van der Waals surface area (Å²) in [5.74, 6) is -3.13. The fourth-order valence-electron chi connectivity index (χ4n) is 3.80. The van der Waals surface area contributed by atoms with E-state index >= 15 is 0 Å². The molecule has 0 aliphatic heterocycles. The van der Waals surface area contributed by atoms with E-state index in [2.05, 4.69) is 10.6 Å². The van der Waals surface area contributed by atoms with Crippen molar-refractivity contribution in [2.24, 2.45) is 0 Å². The SMILES string of the molecule is O=C(CNC(=O)c1ccccc1F)NCC1(c2c(F)cccc2F)CCCC1. The zero-order valence-electron chi connectivity index (χ0n) is 15.2. The third-order valence-corrected chi connectivity index (χ3v) is 5.21. The highest BCUT2D eigenvalue weighted by Crippen LogP contribution is 2.42. The first kappa shape index (κ1) is 19.9. The second-order valence-electron chi connectivity index (χ2n) is 7.02. The van der Waals surface area contributed by atoms with Crippen molar-refractivity contribution in [1.82, 2.24) is 10.6 Å². The molecule has 1 saturated carbocycles. The molecule has 2 aromatic rings. The van der Waals surface area contributed by atoms with Gasteiger partial charge in [-0.3, -0.25) is 9.59 Å². The van der Waals surface area contributed by atoms with Crippen molar-refractivity contribution in [3.05, 3.63) is 71.0 Å². The van der Waals surface area contributed by atoms with Crippen molar-refractivity contribution in [3.8, 4) is 0 Å². The number of hydrogen-bond donors (Lipinski definition) is 2. The number of hydrogen-bond acceptors (Lipinski definition) is 2. The maximum absolute atomic E-state index is 14.3. The van der Waals surface area contributed by atoms with Crippen molar-refractivity contribution in [2.45, 2.75) is 31.1 Å². The van der Waals surface area contributed by atoms with Gasteiger partial charge in [0, 0.05) is 17.5 Å². The van der Waals surface area contributed by atoms with Crippen LogP contribution in [0.2, 0.25) is 0 Å². The second kappa shape index (κ2) is 8.46. The molecule has 0 atom stereocenters. The van der Waals surface area contributed by atoms with E-state index in [0.717, 1.165) is 18.9 Å². The van der Waals surface area contributed by atoms with Crippen LogP contribution in [0.25, 0.3) is 0 Å². The summed E-state index contributed by atoms with van der Waals surface area (Å²) < 4.78 is 42.2. The monoisotopic (exact) mass is 390 g/mol. The zero-order chi connectivity index (χ0) is 20.1. The third-order valence-electron chi connectivity index (χ3n) is 5.21. The minimum atomic E-state index is -0.805. The molecule has 28 heavy (non-hydrogen) atoms. The maximum atomic E-state index is 14.3. The van der Waals surface area contributed by atoms with E-state index < -0.39 is 34.7 Å². The molecule has 0 spiro atoms. The molecule has 0 unspecified atom stereocenters. The topological polar surface area (TPSA) is 58.2 Å². The van der Waals surface area contributed by atoms with E-state index in [1.807, 2.05) is 0 Å². The Morgan fingerprint density at radius 2 is 1.46 bits per heavy atom. The van der Waals surface area contributed by atoms with Crippen molar-refractivity contribution < 1.29 is 22.8 Å². The summed E-state index contributed by atoms with van der Waals surface area (Å²) in [6.45, 7) is -0.289. The van der Waals surface area contributed by atoms with Crippen LogP contribution in [-0.4, -0.2) is 24.9 Å². The van der Waals surface area contributed by atoms with Gasteiger partial charge < -0.3 is 10.6 Å². The number of carbonyl (C=O) groups excluding carboxylic acids is 2. The summed E-state index contributed by atoms with van der Waals surface area (Å²) in [5, 5.41) is 5.01. The van der Waals surface area contributed by atoms with E-state index in [1.165, 1.54) is 36.4 Å². The van der Waals surface area contributed by atoms with Gasteiger partial charge in [-0.1, -0.05) is 31.0 Å². The molecule has 148 valence electrons. The first-order valence-corrected chi connectivity index (χ1v) is 9.17. The standard InChI is InChI=1S/C21H21F3N2O2/c22-15-7-2-1-6-14(15)20(28)25-12-18(27)26-13-21(10-3-4-11-21)19-16(23)8-5-9-17(19)24/h1-2,5-9H,3-4,10-13H2,(H,25,28)(H,26,27). The first-order chi connectivity index (χ1) is 13.4. The molecule has 0 aromatic heterocycles. The van der Waals surface area contributed by atoms with Gasteiger partial charge in [-0.25, -0.2) is 13.2 Å². The van der Waals surface area contributed by atoms with Crippen molar-refractivity contribution in [1.29, 1.82) is 0 Å². The lowest BCUT2D eigenvalue weighted by Gasteiger charge is -2.30. The predicted molar refractivity (Wildman–Crippen MR) is 98.2 cm³/mol. The van der Waals surface area contributed by atoms with E-state index in [1.54, 1.807) is 0 Å². The molecule has 0 heterocycles. The quantitative estimate of drug-likeness (QED) is 0.794. The van der Waals surface area contributed by atoms with Crippen LogP contribution in [-0.2, 0) is 10.2 Å². The van der Waals surface area contributed by atoms with Crippen LogP contribution >= 0.6 is 0 Å². The Labute approximate surface area is 161 Å². The molecule has 1 aliphatic carbocycles. The average molecular weight is 390 g/mol.